The Kier molecular flexibility index (Phi) is 2.49. The third kappa shape index (κ3) is 1.63. The summed E-state index contributed by atoms with van der Waals surface area (Å²) in [5.41, 5.74) is 7.51. The highest BCUT2D eigenvalue weighted by molar-refractivity contribution is 6.68. The van der Waals surface area contributed by atoms with Gasteiger partial charge in [-0.25, -0.2) is 0 Å². The van der Waals surface area contributed by atoms with Gasteiger partial charge in [0, 0.05) is 5.56 Å². The molecular formula is C11H10ClNO2. The zero-order chi connectivity index (χ0) is 11.0. The fourth-order valence-electron chi connectivity index (χ4n) is 2.13. The van der Waals surface area contributed by atoms with Gasteiger partial charge >= 0.3 is 0 Å². The molecule has 1 amide bonds. The third-order valence-corrected chi connectivity index (χ3v) is 3.03. The number of rotatable bonds is 2. The van der Waals surface area contributed by atoms with Gasteiger partial charge in [-0.2, -0.15) is 0 Å². The number of halogens is 1. The van der Waals surface area contributed by atoms with Crippen molar-refractivity contribution in [2.45, 2.75) is 18.8 Å². The lowest BCUT2D eigenvalue weighted by Crippen LogP contribution is -2.19. The monoisotopic (exact) mass is 223 g/mol. The Morgan fingerprint density at radius 1 is 1.40 bits per heavy atom. The molecule has 1 unspecified atom stereocenters. The molecule has 1 aliphatic rings. The minimum absolute atomic E-state index is 0.268. The molecule has 4 heteroatoms. The van der Waals surface area contributed by atoms with Crippen LogP contribution in [-0.2, 0) is 11.2 Å². The molecule has 0 fully saturated rings. The first-order chi connectivity index (χ1) is 7.11. The van der Waals surface area contributed by atoms with E-state index in [1.807, 2.05) is 6.07 Å². The van der Waals surface area contributed by atoms with Crippen molar-refractivity contribution in [2.75, 3.05) is 0 Å². The Balaban J connectivity index is 2.52. The maximum Gasteiger partial charge on any atom is 0.252 e. The third-order valence-electron chi connectivity index (χ3n) is 2.83. The van der Waals surface area contributed by atoms with E-state index in [0.29, 0.717) is 18.4 Å². The van der Waals surface area contributed by atoms with Gasteiger partial charge in [0.15, 0.2) is 0 Å². The summed E-state index contributed by atoms with van der Waals surface area (Å²) in [4.78, 5) is 22.3. The number of carbonyl (C=O) groups is 2. The van der Waals surface area contributed by atoms with E-state index in [1.165, 1.54) is 0 Å². The van der Waals surface area contributed by atoms with E-state index >= 15 is 0 Å². The van der Waals surface area contributed by atoms with Crippen LogP contribution in [0.3, 0.4) is 0 Å². The summed E-state index contributed by atoms with van der Waals surface area (Å²) in [7, 11) is 0. The van der Waals surface area contributed by atoms with Gasteiger partial charge in [-0.3, -0.25) is 9.59 Å². The van der Waals surface area contributed by atoms with Crippen molar-refractivity contribution in [2.24, 2.45) is 5.73 Å². The predicted molar refractivity (Wildman–Crippen MR) is 56.9 cm³/mol. The summed E-state index contributed by atoms with van der Waals surface area (Å²) in [5, 5.41) is -0.475. The van der Waals surface area contributed by atoms with Gasteiger partial charge in [-0.05, 0) is 41.6 Å². The molecule has 0 aliphatic heterocycles. The maximum atomic E-state index is 11.1. The van der Waals surface area contributed by atoms with Gasteiger partial charge in [0.1, 0.15) is 0 Å². The Labute approximate surface area is 92.2 Å². The zero-order valence-corrected chi connectivity index (χ0v) is 8.75. The average molecular weight is 224 g/mol. The van der Waals surface area contributed by atoms with Gasteiger partial charge in [0.25, 0.3) is 5.24 Å². The molecule has 0 radical (unpaired) electrons. The van der Waals surface area contributed by atoms with Crippen molar-refractivity contribution >= 4 is 22.8 Å². The molecule has 0 bridgehead atoms. The minimum atomic E-state index is -0.475. The lowest BCUT2D eigenvalue weighted by atomic mass is 9.98. The fourth-order valence-corrected chi connectivity index (χ4v) is 2.31. The molecule has 78 valence electrons. The number of nitrogens with two attached hydrogens (primary N) is 1. The van der Waals surface area contributed by atoms with Crippen LogP contribution in [0.2, 0.25) is 0 Å². The molecule has 0 aromatic heterocycles. The second kappa shape index (κ2) is 3.66. The Hall–Kier alpha value is -1.35. The van der Waals surface area contributed by atoms with Gasteiger partial charge < -0.3 is 5.73 Å². The number of hydrogen-bond donors (Lipinski definition) is 1. The molecule has 0 heterocycles. The second-order valence-corrected chi connectivity index (χ2v) is 3.98. The van der Waals surface area contributed by atoms with Crippen LogP contribution in [0.15, 0.2) is 18.2 Å². The largest absolute Gasteiger partial charge is 0.369 e. The van der Waals surface area contributed by atoms with Crippen LogP contribution in [0.4, 0.5) is 0 Å². The Morgan fingerprint density at radius 3 is 2.73 bits per heavy atom. The first-order valence-corrected chi connectivity index (χ1v) is 5.10. The average Bonchev–Trinajstić information content (AvgIpc) is 2.59. The maximum absolute atomic E-state index is 11.1. The van der Waals surface area contributed by atoms with E-state index in [0.717, 1.165) is 11.1 Å². The van der Waals surface area contributed by atoms with Crippen LogP contribution in [0, 0.1) is 0 Å². The van der Waals surface area contributed by atoms with Crippen LogP contribution in [0.5, 0.6) is 0 Å². The van der Waals surface area contributed by atoms with E-state index < -0.39 is 5.24 Å². The van der Waals surface area contributed by atoms with Crippen LogP contribution in [-0.4, -0.2) is 11.1 Å². The standard InChI is InChI=1S/C11H10ClNO2/c12-10(14)8-3-1-2-6-7(8)4-5-9(6)11(13)15/h1-3,9H,4-5H2,(H2,13,15). The number of primary amides is 1. The SMILES string of the molecule is NC(=O)C1CCc2c(C(=O)Cl)cccc21. The van der Waals surface area contributed by atoms with E-state index in [9.17, 15) is 9.59 Å². The molecule has 0 saturated heterocycles. The molecule has 1 atom stereocenters. The Morgan fingerprint density at radius 2 is 2.13 bits per heavy atom. The van der Waals surface area contributed by atoms with Crippen molar-refractivity contribution in [3.63, 3.8) is 0 Å². The molecule has 1 aliphatic carbocycles. The van der Waals surface area contributed by atoms with E-state index in [4.69, 9.17) is 17.3 Å². The van der Waals surface area contributed by atoms with Gasteiger partial charge in [0.05, 0.1) is 5.92 Å². The first-order valence-electron chi connectivity index (χ1n) is 4.72. The van der Waals surface area contributed by atoms with Gasteiger partial charge in [0.2, 0.25) is 5.91 Å². The van der Waals surface area contributed by atoms with Crippen molar-refractivity contribution in [1.29, 1.82) is 0 Å². The molecule has 2 N–H and O–H groups in total. The Bertz CT molecular complexity index is 442. The summed E-state index contributed by atoms with van der Waals surface area (Å²) in [6.45, 7) is 0. The smallest absolute Gasteiger partial charge is 0.252 e. The number of hydrogen-bond acceptors (Lipinski definition) is 2. The fraction of sp³-hybridized carbons (Fsp3) is 0.273. The van der Waals surface area contributed by atoms with Crippen molar-refractivity contribution in [3.8, 4) is 0 Å². The molecule has 3 nitrogen and oxygen atoms in total. The van der Waals surface area contributed by atoms with Crippen molar-refractivity contribution in [1.82, 2.24) is 0 Å². The summed E-state index contributed by atoms with van der Waals surface area (Å²) < 4.78 is 0. The topological polar surface area (TPSA) is 60.2 Å². The molecule has 1 aromatic carbocycles. The van der Waals surface area contributed by atoms with Crippen LogP contribution < -0.4 is 5.73 Å². The summed E-state index contributed by atoms with van der Waals surface area (Å²) >= 11 is 5.46. The summed E-state index contributed by atoms with van der Waals surface area (Å²) in [6.07, 6.45) is 1.36. The molecule has 2 rings (SSSR count). The molecule has 0 saturated carbocycles. The molecule has 1 aromatic rings. The number of fused-ring (bicyclic) bond motifs is 1. The molecular weight excluding hydrogens is 214 g/mol. The lowest BCUT2D eigenvalue weighted by Gasteiger charge is -2.07. The first kappa shape index (κ1) is 10.2. The quantitative estimate of drug-likeness (QED) is 0.774. The van der Waals surface area contributed by atoms with E-state index in [2.05, 4.69) is 0 Å². The van der Waals surface area contributed by atoms with E-state index in [-0.39, 0.29) is 11.8 Å². The highest BCUT2D eigenvalue weighted by atomic mass is 35.5. The second-order valence-electron chi connectivity index (χ2n) is 3.64. The van der Waals surface area contributed by atoms with Crippen LogP contribution >= 0.6 is 11.6 Å². The molecule has 15 heavy (non-hydrogen) atoms. The normalized spacial score (nSPS) is 18.6. The number of carbonyl (C=O) groups excluding carboxylic acids is 2. The zero-order valence-electron chi connectivity index (χ0n) is 8.00. The highest BCUT2D eigenvalue weighted by Crippen LogP contribution is 2.35. The van der Waals surface area contributed by atoms with Crippen molar-refractivity contribution in [3.05, 3.63) is 34.9 Å². The van der Waals surface area contributed by atoms with Gasteiger partial charge in [-0.15, -0.1) is 0 Å². The summed E-state index contributed by atoms with van der Waals surface area (Å²) in [6, 6.07) is 5.24. The van der Waals surface area contributed by atoms with Crippen LogP contribution in [0.1, 0.15) is 33.8 Å². The molecule has 0 spiro atoms. The number of benzene rings is 1. The highest BCUT2D eigenvalue weighted by Gasteiger charge is 2.29. The van der Waals surface area contributed by atoms with Gasteiger partial charge in [-0.1, -0.05) is 12.1 Å². The minimum Gasteiger partial charge on any atom is -0.369 e. The lowest BCUT2D eigenvalue weighted by molar-refractivity contribution is -0.119. The van der Waals surface area contributed by atoms with E-state index in [1.54, 1.807) is 12.1 Å². The predicted octanol–water partition coefficient (Wildman–Crippen LogP) is 1.58. The summed E-state index contributed by atoms with van der Waals surface area (Å²) in [5.74, 6) is -0.608. The van der Waals surface area contributed by atoms with Crippen LogP contribution in [0.25, 0.3) is 0 Å². The van der Waals surface area contributed by atoms with Crippen molar-refractivity contribution < 1.29 is 9.59 Å². The number of amides is 1.